The lowest BCUT2D eigenvalue weighted by Crippen LogP contribution is -2.16. The third-order valence-corrected chi connectivity index (χ3v) is 5.79. The van der Waals surface area contributed by atoms with Gasteiger partial charge >= 0.3 is 5.97 Å². The lowest BCUT2D eigenvalue weighted by molar-refractivity contribution is 0.0698. The number of thiophene rings is 1. The van der Waals surface area contributed by atoms with E-state index in [-0.39, 0.29) is 9.77 Å². The van der Waals surface area contributed by atoms with Crippen LogP contribution in [0.1, 0.15) is 15.2 Å². The normalized spacial score (nSPS) is 11.3. The number of anilines is 1. The molecule has 0 saturated carbocycles. The van der Waals surface area contributed by atoms with Crippen LogP contribution in [0.2, 0.25) is 0 Å². The summed E-state index contributed by atoms with van der Waals surface area (Å²) in [6.45, 7) is 1.57. The Kier molecular flexibility index (Phi) is 4.17. The first-order chi connectivity index (χ1) is 9.31. The summed E-state index contributed by atoms with van der Waals surface area (Å²) in [5, 5.41) is 10.6. The van der Waals surface area contributed by atoms with Crippen molar-refractivity contribution in [2.75, 3.05) is 4.72 Å². The molecule has 0 fully saturated rings. The van der Waals surface area contributed by atoms with Gasteiger partial charge in [0.25, 0.3) is 10.0 Å². The van der Waals surface area contributed by atoms with E-state index in [4.69, 9.17) is 5.11 Å². The van der Waals surface area contributed by atoms with Gasteiger partial charge < -0.3 is 5.11 Å². The molecule has 0 amide bonds. The van der Waals surface area contributed by atoms with E-state index in [2.05, 4.69) is 20.7 Å². The minimum absolute atomic E-state index is 0.182. The maximum absolute atomic E-state index is 12.3. The average Bonchev–Trinajstić information content (AvgIpc) is 2.75. The molecule has 1 aromatic heterocycles. The van der Waals surface area contributed by atoms with Gasteiger partial charge in [0.2, 0.25) is 0 Å². The Morgan fingerprint density at radius 3 is 2.45 bits per heavy atom. The van der Waals surface area contributed by atoms with Gasteiger partial charge in [0, 0.05) is 10.2 Å². The largest absolute Gasteiger partial charge is 0.477 e. The van der Waals surface area contributed by atoms with Crippen LogP contribution in [-0.4, -0.2) is 19.5 Å². The van der Waals surface area contributed by atoms with Crippen LogP contribution in [0.3, 0.4) is 0 Å². The zero-order chi connectivity index (χ0) is 14.9. The highest BCUT2D eigenvalue weighted by molar-refractivity contribution is 9.10. The van der Waals surface area contributed by atoms with E-state index in [0.29, 0.717) is 11.3 Å². The van der Waals surface area contributed by atoms with Crippen molar-refractivity contribution in [3.8, 4) is 0 Å². The number of aryl methyl sites for hydroxylation is 1. The van der Waals surface area contributed by atoms with E-state index in [1.54, 1.807) is 31.2 Å². The van der Waals surface area contributed by atoms with Gasteiger partial charge in [0.15, 0.2) is 0 Å². The molecule has 2 rings (SSSR count). The zero-order valence-electron chi connectivity index (χ0n) is 10.3. The number of carboxylic acids is 1. The number of carbonyl (C=O) groups is 1. The van der Waals surface area contributed by atoms with Crippen LogP contribution in [0.4, 0.5) is 5.69 Å². The van der Waals surface area contributed by atoms with Gasteiger partial charge in [-0.2, -0.15) is 0 Å². The molecular formula is C12H10BrNO4S2. The molecule has 0 saturated heterocycles. The summed E-state index contributed by atoms with van der Waals surface area (Å²) in [6, 6.07) is 6.56. The molecule has 2 aromatic rings. The number of nitrogens with one attached hydrogen (secondary N) is 1. The molecule has 8 heteroatoms. The van der Waals surface area contributed by atoms with Crippen molar-refractivity contribution in [2.45, 2.75) is 11.8 Å². The molecule has 0 aliphatic carbocycles. The van der Waals surface area contributed by atoms with Crippen molar-refractivity contribution in [1.29, 1.82) is 0 Å². The first-order valence-corrected chi connectivity index (χ1v) is 8.56. The van der Waals surface area contributed by atoms with Crippen molar-refractivity contribution >= 4 is 48.9 Å². The Hall–Kier alpha value is -1.38. The standard InChI is InChI=1S/C12H10BrNO4S2/c1-7-6-19-10(12(15)16)11(7)20(17,18)14-9-4-2-8(13)3-5-9/h2-6,14H,1H3,(H,15,16). The molecular weight excluding hydrogens is 366 g/mol. The molecule has 0 radical (unpaired) electrons. The maximum atomic E-state index is 12.3. The lowest BCUT2D eigenvalue weighted by Gasteiger charge is -2.09. The third kappa shape index (κ3) is 3.02. The van der Waals surface area contributed by atoms with Gasteiger partial charge in [0.1, 0.15) is 9.77 Å². The van der Waals surface area contributed by atoms with Crippen molar-refractivity contribution in [2.24, 2.45) is 0 Å². The highest BCUT2D eigenvalue weighted by Crippen LogP contribution is 2.28. The first-order valence-electron chi connectivity index (χ1n) is 5.41. The SMILES string of the molecule is Cc1csc(C(=O)O)c1S(=O)(=O)Nc1ccc(Br)cc1. The second-order valence-corrected chi connectivity index (χ2v) is 7.41. The monoisotopic (exact) mass is 375 g/mol. The minimum atomic E-state index is -3.92. The summed E-state index contributed by atoms with van der Waals surface area (Å²) in [5.41, 5.74) is 0.784. The Morgan fingerprint density at radius 1 is 1.30 bits per heavy atom. The molecule has 0 unspecified atom stereocenters. The number of aromatic carboxylic acids is 1. The zero-order valence-corrected chi connectivity index (χ0v) is 13.5. The van der Waals surface area contributed by atoms with Gasteiger partial charge in [0.05, 0.1) is 0 Å². The Morgan fingerprint density at radius 2 is 1.90 bits per heavy atom. The maximum Gasteiger partial charge on any atom is 0.347 e. The Labute approximate surface area is 128 Å². The quantitative estimate of drug-likeness (QED) is 0.858. The van der Waals surface area contributed by atoms with Crippen molar-refractivity contribution in [3.63, 3.8) is 0 Å². The number of benzene rings is 1. The molecule has 0 atom stereocenters. The summed E-state index contributed by atoms with van der Waals surface area (Å²) in [5.74, 6) is -1.25. The van der Waals surface area contributed by atoms with Crippen LogP contribution in [-0.2, 0) is 10.0 Å². The van der Waals surface area contributed by atoms with E-state index in [1.165, 1.54) is 5.38 Å². The number of hydrogen-bond acceptors (Lipinski definition) is 4. The van der Waals surface area contributed by atoms with E-state index < -0.39 is 16.0 Å². The van der Waals surface area contributed by atoms with Crippen LogP contribution in [0.5, 0.6) is 0 Å². The number of sulfonamides is 1. The Balaban J connectivity index is 2.43. The van der Waals surface area contributed by atoms with Crippen LogP contribution >= 0.6 is 27.3 Å². The van der Waals surface area contributed by atoms with Gasteiger partial charge in [-0.15, -0.1) is 11.3 Å². The van der Waals surface area contributed by atoms with Crippen LogP contribution in [0.15, 0.2) is 39.0 Å². The second-order valence-electron chi connectivity index (χ2n) is 3.99. The third-order valence-electron chi connectivity index (χ3n) is 2.48. The van der Waals surface area contributed by atoms with Crippen LogP contribution < -0.4 is 4.72 Å². The number of carboxylic acid groups (broad SMARTS) is 1. The Bertz CT molecular complexity index is 750. The molecule has 0 aliphatic heterocycles. The van der Waals surface area contributed by atoms with E-state index in [9.17, 15) is 13.2 Å². The number of halogens is 1. The molecule has 0 spiro atoms. The molecule has 106 valence electrons. The molecule has 2 N–H and O–H groups in total. The topological polar surface area (TPSA) is 83.5 Å². The fraction of sp³-hybridized carbons (Fsp3) is 0.0833. The van der Waals surface area contributed by atoms with Gasteiger partial charge in [-0.1, -0.05) is 15.9 Å². The number of rotatable bonds is 4. The summed E-state index contributed by atoms with van der Waals surface area (Å²) >= 11 is 4.15. The molecule has 20 heavy (non-hydrogen) atoms. The highest BCUT2D eigenvalue weighted by Gasteiger charge is 2.26. The number of hydrogen-bond donors (Lipinski definition) is 2. The molecule has 5 nitrogen and oxygen atoms in total. The molecule has 1 heterocycles. The summed E-state index contributed by atoms with van der Waals surface area (Å²) in [7, 11) is -3.92. The molecule has 0 aliphatic rings. The van der Waals surface area contributed by atoms with Crippen LogP contribution in [0.25, 0.3) is 0 Å². The van der Waals surface area contributed by atoms with E-state index in [1.807, 2.05) is 0 Å². The lowest BCUT2D eigenvalue weighted by atomic mass is 10.3. The summed E-state index contributed by atoms with van der Waals surface area (Å²) in [4.78, 5) is 10.7. The van der Waals surface area contributed by atoms with Crippen molar-refractivity contribution in [3.05, 3.63) is 44.6 Å². The minimum Gasteiger partial charge on any atom is -0.477 e. The summed E-state index contributed by atoms with van der Waals surface area (Å²) < 4.78 is 27.8. The predicted molar refractivity (Wildman–Crippen MR) is 81.0 cm³/mol. The van der Waals surface area contributed by atoms with Gasteiger partial charge in [-0.3, -0.25) is 4.72 Å². The van der Waals surface area contributed by atoms with E-state index >= 15 is 0 Å². The van der Waals surface area contributed by atoms with E-state index in [0.717, 1.165) is 15.8 Å². The fourth-order valence-electron chi connectivity index (χ4n) is 1.64. The van der Waals surface area contributed by atoms with Crippen molar-refractivity contribution in [1.82, 2.24) is 0 Å². The van der Waals surface area contributed by atoms with Crippen LogP contribution in [0, 0.1) is 6.92 Å². The highest BCUT2D eigenvalue weighted by atomic mass is 79.9. The second kappa shape index (κ2) is 5.55. The molecule has 0 bridgehead atoms. The smallest absolute Gasteiger partial charge is 0.347 e. The summed E-state index contributed by atoms with van der Waals surface area (Å²) in [6.07, 6.45) is 0. The van der Waals surface area contributed by atoms with Gasteiger partial charge in [-0.05, 0) is 42.1 Å². The molecule has 1 aromatic carbocycles. The first kappa shape index (κ1) is 15.0. The predicted octanol–water partition coefficient (Wildman–Crippen LogP) is 3.32. The average molecular weight is 376 g/mol. The van der Waals surface area contributed by atoms with Gasteiger partial charge in [-0.25, -0.2) is 13.2 Å². The van der Waals surface area contributed by atoms with Crippen molar-refractivity contribution < 1.29 is 18.3 Å². The fourth-order valence-corrected chi connectivity index (χ4v) is 4.60.